The van der Waals surface area contributed by atoms with Gasteiger partial charge in [-0.3, -0.25) is 10.1 Å². The number of anilines is 1. The number of fused-ring (bicyclic) bond motifs is 2. The lowest BCUT2D eigenvalue weighted by Gasteiger charge is -2.12. The summed E-state index contributed by atoms with van der Waals surface area (Å²) in [6.45, 7) is 2.55. The molecule has 0 saturated carbocycles. The van der Waals surface area contributed by atoms with Crippen molar-refractivity contribution in [3.05, 3.63) is 84.4 Å². The molecule has 0 aliphatic rings. The van der Waals surface area contributed by atoms with Gasteiger partial charge in [0.25, 0.3) is 5.91 Å². The van der Waals surface area contributed by atoms with Crippen LogP contribution in [0, 0.1) is 0 Å². The molecule has 5 aromatic rings. The maximum Gasteiger partial charge on any atom is 0.261 e. The van der Waals surface area contributed by atoms with Crippen LogP contribution in [0.4, 0.5) is 5.69 Å². The Labute approximate surface area is 213 Å². The molecule has 0 bridgehead atoms. The van der Waals surface area contributed by atoms with Crippen molar-refractivity contribution in [3.8, 4) is 23.0 Å². The molecule has 2 N–H and O–H groups in total. The zero-order valence-electron chi connectivity index (χ0n) is 19.7. The quantitative estimate of drug-likeness (QED) is 0.271. The van der Waals surface area contributed by atoms with Crippen molar-refractivity contribution in [1.82, 2.24) is 10.3 Å². The monoisotopic (exact) mass is 497 g/mol. The SMILES string of the molecule is CCOc1ccc(-c2nc3cc(NC(=S)NC(=O)c4cc5ccccc5cc4OC)ccc3o2)cc1. The Bertz CT molecular complexity index is 1580. The number of aromatic nitrogens is 1. The lowest BCUT2D eigenvalue weighted by Crippen LogP contribution is -2.34. The van der Waals surface area contributed by atoms with Crippen LogP contribution in [-0.4, -0.2) is 29.7 Å². The Morgan fingerprint density at radius 3 is 2.47 bits per heavy atom. The molecule has 0 atom stereocenters. The summed E-state index contributed by atoms with van der Waals surface area (Å²) in [5, 5.41) is 7.84. The molecule has 1 aromatic heterocycles. The van der Waals surface area contributed by atoms with Crippen molar-refractivity contribution in [1.29, 1.82) is 0 Å². The Morgan fingerprint density at radius 1 is 1.00 bits per heavy atom. The number of nitrogens with zero attached hydrogens (tertiary/aromatic N) is 1. The van der Waals surface area contributed by atoms with Crippen LogP contribution in [0.25, 0.3) is 33.3 Å². The van der Waals surface area contributed by atoms with Gasteiger partial charge in [0.2, 0.25) is 5.89 Å². The van der Waals surface area contributed by atoms with Crippen LogP contribution in [0.2, 0.25) is 0 Å². The number of oxazole rings is 1. The summed E-state index contributed by atoms with van der Waals surface area (Å²) in [6, 6.07) is 24.4. The molecule has 0 aliphatic carbocycles. The van der Waals surface area contributed by atoms with Crippen molar-refractivity contribution < 1.29 is 18.7 Å². The van der Waals surface area contributed by atoms with Gasteiger partial charge in [-0.2, -0.15) is 0 Å². The molecule has 8 heteroatoms. The predicted molar refractivity (Wildman–Crippen MR) is 145 cm³/mol. The number of carbonyl (C=O) groups is 1. The second-order valence-electron chi connectivity index (χ2n) is 7.97. The van der Waals surface area contributed by atoms with Crippen LogP contribution in [0.1, 0.15) is 17.3 Å². The number of ether oxygens (including phenoxy) is 2. The lowest BCUT2D eigenvalue weighted by molar-refractivity contribution is 0.0975. The third-order valence-electron chi connectivity index (χ3n) is 5.60. The zero-order chi connectivity index (χ0) is 25.1. The van der Waals surface area contributed by atoms with E-state index < -0.39 is 0 Å². The second kappa shape index (κ2) is 10.1. The number of rotatable bonds is 6. The summed E-state index contributed by atoms with van der Waals surface area (Å²) < 4.78 is 16.8. The maximum absolute atomic E-state index is 13.0. The number of carbonyl (C=O) groups excluding carboxylic acids is 1. The molecule has 0 saturated heterocycles. The van der Waals surface area contributed by atoms with Crippen LogP contribution < -0.4 is 20.1 Å². The third kappa shape index (κ3) is 4.85. The average molecular weight is 498 g/mol. The summed E-state index contributed by atoms with van der Waals surface area (Å²) >= 11 is 5.39. The maximum atomic E-state index is 13.0. The van der Waals surface area contributed by atoms with Crippen LogP contribution in [0.15, 0.2) is 83.3 Å². The minimum atomic E-state index is -0.365. The third-order valence-corrected chi connectivity index (χ3v) is 5.80. The van der Waals surface area contributed by atoms with Crippen molar-refractivity contribution in [3.63, 3.8) is 0 Å². The van der Waals surface area contributed by atoms with Gasteiger partial charge in [0.05, 0.1) is 19.3 Å². The smallest absolute Gasteiger partial charge is 0.261 e. The molecule has 5 rings (SSSR count). The molecule has 0 radical (unpaired) electrons. The molecular formula is C28H23N3O4S. The fourth-order valence-electron chi connectivity index (χ4n) is 3.89. The van der Waals surface area contributed by atoms with Crippen LogP contribution >= 0.6 is 12.2 Å². The van der Waals surface area contributed by atoms with E-state index in [4.69, 9.17) is 26.1 Å². The van der Waals surface area contributed by atoms with Crippen molar-refractivity contribution in [2.45, 2.75) is 6.92 Å². The Hall–Kier alpha value is -4.43. The number of benzene rings is 4. The van der Waals surface area contributed by atoms with E-state index in [9.17, 15) is 4.79 Å². The van der Waals surface area contributed by atoms with Gasteiger partial charge in [-0.05, 0) is 84.5 Å². The summed E-state index contributed by atoms with van der Waals surface area (Å²) in [4.78, 5) is 17.5. The minimum Gasteiger partial charge on any atom is -0.496 e. The van der Waals surface area contributed by atoms with E-state index >= 15 is 0 Å². The van der Waals surface area contributed by atoms with E-state index in [0.717, 1.165) is 22.1 Å². The highest BCUT2D eigenvalue weighted by Gasteiger charge is 2.16. The van der Waals surface area contributed by atoms with Crippen molar-refractivity contribution in [2.75, 3.05) is 19.0 Å². The van der Waals surface area contributed by atoms with Crippen molar-refractivity contribution >= 4 is 50.8 Å². The fraction of sp³-hybridized carbons (Fsp3) is 0.107. The van der Waals surface area contributed by atoms with Gasteiger partial charge in [0.1, 0.15) is 17.0 Å². The first-order chi connectivity index (χ1) is 17.5. The molecule has 4 aromatic carbocycles. The van der Waals surface area contributed by atoms with E-state index in [1.807, 2.05) is 73.7 Å². The van der Waals surface area contributed by atoms with Gasteiger partial charge in [0.15, 0.2) is 10.7 Å². The van der Waals surface area contributed by atoms with Crippen LogP contribution in [0.3, 0.4) is 0 Å². The van der Waals surface area contributed by atoms with Gasteiger partial charge in [-0.15, -0.1) is 0 Å². The fourth-order valence-corrected chi connectivity index (χ4v) is 4.10. The molecule has 0 aliphatic heterocycles. The number of thiocarbonyl (C=S) groups is 1. The van der Waals surface area contributed by atoms with E-state index in [2.05, 4.69) is 15.6 Å². The highest BCUT2D eigenvalue weighted by Crippen LogP contribution is 2.28. The highest BCUT2D eigenvalue weighted by molar-refractivity contribution is 7.80. The van der Waals surface area contributed by atoms with Crippen LogP contribution in [0.5, 0.6) is 11.5 Å². The zero-order valence-corrected chi connectivity index (χ0v) is 20.5. The molecule has 0 unspecified atom stereocenters. The predicted octanol–water partition coefficient (Wildman–Crippen LogP) is 6.18. The van der Waals surface area contributed by atoms with Crippen molar-refractivity contribution in [2.24, 2.45) is 0 Å². The van der Waals surface area contributed by atoms with Crippen LogP contribution in [-0.2, 0) is 0 Å². The molecule has 1 heterocycles. The average Bonchev–Trinajstić information content (AvgIpc) is 3.32. The van der Waals surface area contributed by atoms with E-state index in [-0.39, 0.29) is 11.0 Å². The molecule has 1 amide bonds. The normalized spacial score (nSPS) is 10.8. The number of nitrogens with one attached hydrogen (secondary N) is 2. The summed E-state index contributed by atoms with van der Waals surface area (Å²) in [7, 11) is 1.53. The molecular weight excluding hydrogens is 474 g/mol. The highest BCUT2D eigenvalue weighted by atomic mass is 32.1. The summed E-state index contributed by atoms with van der Waals surface area (Å²) in [5.74, 6) is 1.40. The first kappa shape index (κ1) is 23.3. The van der Waals surface area contributed by atoms with Gasteiger partial charge >= 0.3 is 0 Å². The van der Waals surface area contributed by atoms with E-state index in [0.29, 0.717) is 40.6 Å². The molecule has 0 spiro atoms. The minimum absolute atomic E-state index is 0.157. The van der Waals surface area contributed by atoms with Gasteiger partial charge in [-0.1, -0.05) is 24.3 Å². The Kier molecular flexibility index (Phi) is 6.51. The topological polar surface area (TPSA) is 85.6 Å². The molecule has 7 nitrogen and oxygen atoms in total. The molecule has 0 fully saturated rings. The first-order valence-corrected chi connectivity index (χ1v) is 11.8. The number of hydrogen-bond donors (Lipinski definition) is 2. The second-order valence-corrected chi connectivity index (χ2v) is 8.38. The van der Waals surface area contributed by atoms with E-state index in [1.54, 1.807) is 12.1 Å². The first-order valence-electron chi connectivity index (χ1n) is 11.4. The lowest BCUT2D eigenvalue weighted by atomic mass is 10.1. The number of methoxy groups -OCH3 is 1. The molecule has 36 heavy (non-hydrogen) atoms. The Balaban J connectivity index is 1.31. The van der Waals surface area contributed by atoms with E-state index in [1.165, 1.54) is 7.11 Å². The summed E-state index contributed by atoms with van der Waals surface area (Å²) in [6.07, 6.45) is 0. The Morgan fingerprint density at radius 2 is 1.75 bits per heavy atom. The van der Waals surface area contributed by atoms with Gasteiger partial charge in [-0.25, -0.2) is 4.98 Å². The number of hydrogen-bond acceptors (Lipinski definition) is 6. The van der Waals surface area contributed by atoms with Gasteiger partial charge < -0.3 is 19.2 Å². The molecule has 180 valence electrons. The van der Waals surface area contributed by atoms with Gasteiger partial charge in [0, 0.05) is 11.3 Å². The number of amides is 1. The largest absolute Gasteiger partial charge is 0.496 e. The standard InChI is InChI=1S/C28H23N3O4S/c1-3-34-21-11-8-17(9-12-21)27-30-23-16-20(10-13-24(23)35-27)29-28(36)31-26(32)22-14-18-6-4-5-7-19(18)15-25(22)33-2/h4-16H,3H2,1-2H3,(H2,29,31,32,36). The summed E-state index contributed by atoms with van der Waals surface area (Å²) in [5.41, 5.74) is 3.21.